The van der Waals surface area contributed by atoms with Crippen molar-refractivity contribution in [1.82, 2.24) is 0 Å². The lowest BCUT2D eigenvalue weighted by Crippen LogP contribution is -1.83. The van der Waals surface area contributed by atoms with Gasteiger partial charge in [-0.3, -0.25) is 0 Å². The van der Waals surface area contributed by atoms with E-state index in [1.807, 2.05) is 6.07 Å². The van der Waals surface area contributed by atoms with E-state index in [0.29, 0.717) is 10.4 Å². The van der Waals surface area contributed by atoms with Gasteiger partial charge in [-0.2, -0.15) is 0 Å². The maximum Gasteiger partial charge on any atom is 0.144 e. The average Bonchev–Trinajstić information content (AvgIpc) is 2.46. The monoisotopic (exact) mass is 214 g/mol. The van der Waals surface area contributed by atoms with Crippen LogP contribution in [0.25, 0.3) is 10.1 Å². The largest absolute Gasteiger partial charge is 0.497 e. The Morgan fingerprint density at radius 3 is 2.85 bits per heavy atom. The predicted molar refractivity (Wildman–Crippen MR) is 55.6 cm³/mol. The lowest BCUT2D eigenvalue weighted by molar-refractivity contribution is 0.412. The lowest BCUT2D eigenvalue weighted by atomic mass is 10.2. The molecule has 0 unspecified atom stereocenters. The number of benzene rings is 1. The molecule has 1 nitrogen and oxygen atoms in total. The van der Waals surface area contributed by atoms with Crippen molar-refractivity contribution in [3.63, 3.8) is 0 Å². The number of halogens is 1. The van der Waals surface area contributed by atoms with Crippen molar-refractivity contribution in [3.05, 3.63) is 24.0 Å². The van der Waals surface area contributed by atoms with Gasteiger partial charge in [-0.1, -0.05) is 0 Å². The van der Waals surface area contributed by atoms with E-state index in [9.17, 15) is 4.39 Å². The van der Waals surface area contributed by atoms with Crippen molar-refractivity contribution in [3.8, 4) is 5.75 Å². The van der Waals surface area contributed by atoms with Crippen LogP contribution in [0.15, 0.2) is 22.4 Å². The Hall–Kier alpha value is -0.740. The number of thiol groups is 1. The predicted octanol–water partition coefficient (Wildman–Crippen LogP) is 3.34. The molecule has 13 heavy (non-hydrogen) atoms. The second-order valence-corrected chi connectivity index (χ2v) is 4.45. The van der Waals surface area contributed by atoms with Crippen LogP contribution in [0.4, 0.5) is 4.39 Å². The van der Waals surface area contributed by atoms with E-state index < -0.39 is 0 Å². The van der Waals surface area contributed by atoms with Gasteiger partial charge in [-0.05, 0) is 12.1 Å². The van der Waals surface area contributed by atoms with Crippen LogP contribution >= 0.6 is 24.0 Å². The van der Waals surface area contributed by atoms with Gasteiger partial charge in [0.25, 0.3) is 0 Å². The summed E-state index contributed by atoms with van der Waals surface area (Å²) in [4.78, 5) is 0. The minimum absolute atomic E-state index is 0.250. The van der Waals surface area contributed by atoms with Crippen LogP contribution in [0.3, 0.4) is 0 Å². The first kappa shape index (κ1) is 8.84. The van der Waals surface area contributed by atoms with Gasteiger partial charge in [-0.15, -0.1) is 24.0 Å². The summed E-state index contributed by atoms with van der Waals surface area (Å²) in [5.41, 5.74) is 0. The van der Waals surface area contributed by atoms with E-state index >= 15 is 0 Å². The number of ether oxygens (including phenoxy) is 1. The van der Waals surface area contributed by atoms with Gasteiger partial charge in [0.15, 0.2) is 0 Å². The number of fused-ring (bicyclic) bond motifs is 1. The van der Waals surface area contributed by atoms with Gasteiger partial charge in [0, 0.05) is 11.5 Å². The molecule has 0 saturated heterocycles. The van der Waals surface area contributed by atoms with Crippen LogP contribution in [-0.2, 0) is 0 Å². The highest BCUT2D eigenvalue weighted by Gasteiger charge is 2.06. The van der Waals surface area contributed by atoms with Crippen LogP contribution in [0.1, 0.15) is 0 Å². The maximum atomic E-state index is 13.3. The van der Waals surface area contributed by atoms with Crippen LogP contribution in [-0.4, -0.2) is 7.11 Å². The van der Waals surface area contributed by atoms with Crippen molar-refractivity contribution in [2.45, 2.75) is 4.21 Å². The Labute approximate surface area is 84.6 Å². The molecular weight excluding hydrogens is 207 g/mol. The van der Waals surface area contributed by atoms with E-state index in [4.69, 9.17) is 4.74 Å². The first-order chi connectivity index (χ1) is 6.20. The Balaban J connectivity index is 2.75. The molecular formula is C9H7FOS2. The quantitative estimate of drug-likeness (QED) is 0.716. The van der Waals surface area contributed by atoms with Gasteiger partial charge >= 0.3 is 0 Å². The normalized spacial score (nSPS) is 10.7. The molecule has 0 spiro atoms. The van der Waals surface area contributed by atoms with Crippen LogP contribution in [0.2, 0.25) is 0 Å². The summed E-state index contributed by atoms with van der Waals surface area (Å²) in [5, 5.41) is 0.840. The van der Waals surface area contributed by atoms with Crippen molar-refractivity contribution in [1.29, 1.82) is 0 Å². The van der Waals surface area contributed by atoms with Crippen LogP contribution < -0.4 is 4.74 Å². The van der Waals surface area contributed by atoms with Gasteiger partial charge in [0.2, 0.25) is 0 Å². The van der Waals surface area contributed by atoms with E-state index in [0.717, 1.165) is 9.60 Å². The number of hydrogen-bond donors (Lipinski definition) is 1. The number of methoxy groups -OCH3 is 1. The third-order valence-corrected chi connectivity index (χ3v) is 3.13. The fraction of sp³-hybridized carbons (Fsp3) is 0.111. The van der Waals surface area contributed by atoms with E-state index in [1.165, 1.54) is 24.5 Å². The Bertz CT molecular complexity index is 450. The highest BCUT2D eigenvalue weighted by molar-refractivity contribution is 7.83. The van der Waals surface area contributed by atoms with Crippen molar-refractivity contribution < 1.29 is 9.13 Å². The smallest absolute Gasteiger partial charge is 0.144 e. The molecule has 0 bridgehead atoms. The molecule has 0 aliphatic carbocycles. The zero-order valence-electron chi connectivity index (χ0n) is 6.87. The van der Waals surface area contributed by atoms with Crippen molar-refractivity contribution >= 4 is 34.1 Å². The fourth-order valence-corrected chi connectivity index (χ4v) is 2.39. The Morgan fingerprint density at radius 2 is 2.15 bits per heavy atom. The molecule has 4 heteroatoms. The summed E-state index contributed by atoms with van der Waals surface area (Å²) in [6.45, 7) is 0. The van der Waals surface area contributed by atoms with Crippen molar-refractivity contribution in [2.75, 3.05) is 7.11 Å². The molecule has 1 aromatic heterocycles. The summed E-state index contributed by atoms with van der Waals surface area (Å²) in [6.07, 6.45) is 0. The molecule has 1 aromatic carbocycles. The molecule has 0 fully saturated rings. The standard InChI is InChI=1S/C9H7FOS2/c1-11-6-2-5-3-8(12)13-9(5)7(10)4-6/h2-4,12H,1H3. The number of hydrogen-bond acceptors (Lipinski definition) is 3. The molecule has 2 rings (SSSR count). The minimum atomic E-state index is -0.250. The molecule has 1 heterocycles. The molecule has 0 amide bonds. The number of rotatable bonds is 1. The molecule has 0 radical (unpaired) electrons. The van der Waals surface area contributed by atoms with Crippen LogP contribution in [0.5, 0.6) is 5.75 Å². The summed E-state index contributed by atoms with van der Waals surface area (Å²) >= 11 is 5.50. The Morgan fingerprint density at radius 1 is 1.38 bits per heavy atom. The van der Waals surface area contributed by atoms with Crippen LogP contribution in [0, 0.1) is 5.82 Å². The zero-order valence-corrected chi connectivity index (χ0v) is 8.58. The molecule has 2 aromatic rings. The SMILES string of the molecule is COc1cc(F)c2sc(S)cc2c1. The Kier molecular flexibility index (Phi) is 2.17. The second kappa shape index (κ2) is 3.20. The lowest BCUT2D eigenvalue weighted by Gasteiger charge is -1.99. The zero-order chi connectivity index (χ0) is 9.42. The minimum Gasteiger partial charge on any atom is -0.497 e. The average molecular weight is 214 g/mol. The van der Waals surface area contributed by atoms with Gasteiger partial charge in [0.05, 0.1) is 16.0 Å². The van der Waals surface area contributed by atoms with E-state index in [-0.39, 0.29) is 5.82 Å². The molecule has 0 saturated carbocycles. The fourth-order valence-electron chi connectivity index (χ4n) is 1.19. The number of thiophene rings is 1. The molecule has 0 aliphatic rings. The highest BCUT2D eigenvalue weighted by Crippen LogP contribution is 2.33. The van der Waals surface area contributed by atoms with Gasteiger partial charge < -0.3 is 4.74 Å². The third kappa shape index (κ3) is 1.51. The summed E-state index contributed by atoms with van der Waals surface area (Å²) in [6, 6.07) is 5.01. The van der Waals surface area contributed by atoms with Gasteiger partial charge in [0.1, 0.15) is 11.6 Å². The third-order valence-electron chi connectivity index (χ3n) is 1.77. The van der Waals surface area contributed by atoms with Crippen molar-refractivity contribution in [2.24, 2.45) is 0 Å². The highest BCUT2D eigenvalue weighted by atomic mass is 32.2. The van der Waals surface area contributed by atoms with E-state index in [2.05, 4.69) is 12.6 Å². The van der Waals surface area contributed by atoms with E-state index in [1.54, 1.807) is 6.07 Å². The summed E-state index contributed by atoms with van der Waals surface area (Å²) < 4.78 is 19.7. The summed E-state index contributed by atoms with van der Waals surface area (Å²) in [7, 11) is 1.52. The molecule has 0 N–H and O–H groups in total. The van der Waals surface area contributed by atoms with Gasteiger partial charge in [-0.25, -0.2) is 4.39 Å². The first-order valence-corrected chi connectivity index (χ1v) is 4.93. The summed E-state index contributed by atoms with van der Waals surface area (Å²) in [5.74, 6) is 0.288. The maximum absolute atomic E-state index is 13.3. The second-order valence-electron chi connectivity index (χ2n) is 2.61. The molecule has 68 valence electrons. The molecule has 0 aliphatic heterocycles. The molecule has 0 atom stereocenters. The first-order valence-electron chi connectivity index (χ1n) is 3.67. The topological polar surface area (TPSA) is 9.23 Å².